The summed E-state index contributed by atoms with van der Waals surface area (Å²) in [6, 6.07) is 8.20. The summed E-state index contributed by atoms with van der Waals surface area (Å²) >= 11 is 6.22. The number of likely N-dealkylation sites (tertiary alicyclic amines) is 1. The molecular formula is C25H31ClN8O4S. The molecule has 2 aromatic heterocycles. The zero-order valence-corrected chi connectivity index (χ0v) is 23.1. The third kappa shape index (κ3) is 5.11. The molecule has 3 saturated heterocycles. The van der Waals surface area contributed by atoms with Crippen molar-refractivity contribution in [2.75, 3.05) is 53.5 Å². The summed E-state index contributed by atoms with van der Waals surface area (Å²) in [5.41, 5.74) is 7.81. The summed E-state index contributed by atoms with van der Waals surface area (Å²) in [7, 11) is -3.61. The van der Waals surface area contributed by atoms with Gasteiger partial charge in [-0.2, -0.15) is 9.61 Å². The van der Waals surface area contributed by atoms with Crippen LogP contribution in [0.2, 0.25) is 5.02 Å². The van der Waals surface area contributed by atoms with Crippen LogP contribution < -0.4 is 20.3 Å². The van der Waals surface area contributed by atoms with Crippen LogP contribution in [0.4, 0.5) is 17.3 Å². The van der Waals surface area contributed by atoms with Crippen LogP contribution in [0.3, 0.4) is 0 Å². The van der Waals surface area contributed by atoms with Gasteiger partial charge in [-0.15, -0.1) is 0 Å². The molecule has 0 aliphatic carbocycles. The number of halogens is 1. The van der Waals surface area contributed by atoms with Crippen LogP contribution in [0.1, 0.15) is 41.4 Å². The minimum Gasteiger partial charge on any atom is -0.389 e. The van der Waals surface area contributed by atoms with E-state index < -0.39 is 10.0 Å². The quantitative estimate of drug-likeness (QED) is 0.397. The van der Waals surface area contributed by atoms with Crippen molar-refractivity contribution in [3.63, 3.8) is 0 Å². The molecule has 1 amide bonds. The van der Waals surface area contributed by atoms with Crippen LogP contribution in [0.15, 0.2) is 30.3 Å². The molecule has 4 N–H and O–H groups in total. The maximum Gasteiger partial charge on any atom is 0.256 e. The van der Waals surface area contributed by atoms with Crippen molar-refractivity contribution in [3.05, 3.63) is 46.6 Å². The number of nitrogens with one attached hydrogen (secondary N) is 1. The van der Waals surface area contributed by atoms with Gasteiger partial charge in [0.05, 0.1) is 35.3 Å². The van der Waals surface area contributed by atoms with Crippen LogP contribution in [0.5, 0.6) is 0 Å². The van der Waals surface area contributed by atoms with E-state index in [0.717, 1.165) is 30.7 Å². The number of benzene rings is 1. The summed E-state index contributed by atoms with van der Waals surface area (Å²) in [5.74, 6) is 1.32. The highest BCUT2D eigenvalue weighted by molar-refractivity contribution is 7.92. The Kier molecular flexibility index (Phi) is 6.57. The van der Waals surface area contributed by atoms with Gasteiger partial charge < -0.3 is 25.5 Å². The van der Waals surface area contributed by atoms with E-state index in [9.17, 15) is 18.3 Å². The number of aliphatic hydroxyl groups is 1. The number of piperidine rings is 1. The summed E-state index contributed by atoms with van der Waals surface area (Å²) < 4.78 is 28.2. The SMILES string of the molecule is CS(=O)(=O)Nc1ccc(Cl)cc1C(=O)N1CCCCC1c1cc2nc(N3CC(O)C3)cc(N3CC(N)C3)n2n1. The minimum absolute atomic E-state index is 0.0939. The van der Waals surface area contributed by atoms with Gasteiger partial charge in [0.1, 0.15) is 11.6 Å². The van der Waals surface area contributed by atoms with E-state index in [1.165, 1.54) is 12.1 Å². The average Bonchev–Trinajstić information content (AvgIpc) is 3.28. The van der Waals surface area contributed by atoms with E-state index in [-0.39, 0.29) is 35.3 Å². The number of fused-ring (bicyclic) bond motifs is 1. The number of nitrogens with zero attached hydrogens (tertiary/aromatic N) is 6. The van der Waals surface area contributed by atoms with Gasteiger partial charge in [-0.05, 0) is 37.5 Å². The van der Waals surface area contributed by atoms with Crippen molar-refractivity contribution in [3.8, 4) is 0 Å². The molecule has 14 heteroatoms. The maximum absolute atomic E-state index is 13.9. The largest absolute Gasteiger partial charge is 0.389 e. The standard InChI is InChI=1S/C25H31ClN8O4S/c1-39(37,38)30-19-6-5-15(26)8-18(19)25(36)33-7-3-2-4-21(33)20-9-23-28-22(31-13-17(35)14-31)10-24(34(23)29-20)32-11-16(27)12-32/h5-6,8-10,16-17,21,30,35H,2-4,7,11-14,27H2,1H3. The second-order valence-corrected chi connectivity index (χ2v) is 12.8. The third-order valence-corrected chi connectivity index (χ3v) is 8.27. The Morgan fingerprint density at radius 2 is 1.90 bits per heavy atom. The molecule has 1 atom stereocenters. The van der Waals surface area contributed by atoms with Crippen LogP contribution >= 0.6 is 11.6 Å². The fourth-order valence-electron chi connectivity index (χ4n) is 5.47. The van der Waals surface area contributed by atoms with Gasteiger partial charge in [0.2, 0.25) is 10.0 Å². The van der Waals surface area contributed by atoms with Crippen molar-refractivity contribution in [1.82, 2.24) is 19.5 Å². The van der Waals surface area contributed by atoms with Gasteiger partial charge in [-0.25, -0.2) is 13.4 Å². The van der Waals surface area contributed by atoms with Crippen molar-refractivity contribution < 1.29 is 18.3 Å². The summed E-state index contributed by atoms with van der Waals surface area (Å²) in [6.45, 7) is 2.96. The summed E-state index contributed by atoms with van der Waals surface area (Å²) in [6.07, 6.45) is 3.13. The Morgan fingerprint density at radius 3 is 2.59 bits per heavy atom. The lowest BCUT2D eigenvalue weighted by molar-refractivity contribution is 0.0607. The van der Waals surface area contributed by atoms with E-state index >= 15 is 0 Å². The Hall–Kier alpha value is -3.13. The summed E-state index contributed by atoms with van der Waals surface area (Å²) in [4.78, 5) is 24.6. The lowest BCUT2D eigenvalue weighted by atomic mass is 9.98. The molecule has 0 radical (unpaired) electrons. The molecule has 12 nitrogen and oxygen atoms in total. The highest BCUT2D eigenvalue weighted by Gasteiger charge is 2.34. The molecule has 1 aromatic carbocycles. The number of β-amino-alcohol motifs (C(OH)–C–C–N with tert-alkyl or cyclic N) is 1. The predicted molar refractivity (Wildman–Crippen MR) is 149 cm³/mol. The van der Waals surface area contributed by atoms with E-state index in [0.29, 0.717) is 55.5 Å². The number of aliphatic hydroxyl groups excluding tert-OH is 1. The molecule has 3 aromatic rings. The van der Waals surface area contributed by atoms with Gasteiger partial charge in [-0.1, -0.05) is 11.6 Å². The molecule has 0 spiro atoms. The average molecular weight is 575 g/mol. The van der Waals surface area contributed by atoms with Crippen molar-refractivity contribution >= 4 is 50.5 Å². The molecule has 208 valence electrons. The topological polar surface area (TPSA) is 149 Å². The monoisotopic (exact) mass is 574 g/mol. The molecule has 3 aliphatic heterocycles. The first-order chi connectivity index (χ1) is 18.6. The summed E-state index contributed by atoms with van der Waals surface area (Å²) in [5, 5.41) is 15.1. The lowest BCUT2D eigenvalue weighted by Gasteiger charge is -2.40. The van der Waals surface area contributed by atoms with E-state index in [4.69, 9.17) is 27.4 Å². The molecule has 3 aliphatic rings. The van der Waals surface area contributed by atoms with Crippen LogP contribution in [0, 0.1) is 0 Å². The predicted octanol–water partition coefficient (Wildman–Crippen LogP) is 1.45. The zero-order chi connectivity index (χ0) is 27.5. The Labute approximate surface area is 231 Å². The van der Waals surface area contributed by atoms with Crippen LogP contribution in [-0.4, -0.2) is 90.1 Å². The number of hydrogen-bond donors (Lipinski definition) is 3. The first kappa shape index (κ1) is 26.1. The number of carbonyl (C=O) groups excluding carboxylic acids is 1. The zero-order valence-electron chi connectivity index (χ0n) is 21.5. The highest BCUT2D eigenvalue weighted by atomic mass is 35.5. The molecular weight excluding hydrogens is 544 g/mol. The van der Waals surface area contributed by atoms with Gasteiger partial charge in [0, 0.05) is 55.9 Å². The Balaban J connectivity index is 1.37. The van der Waals surface area contributed by atoms with Crippen molar-refractivity contribution in [1.29, 1.82) is 0 Å². The third-order valence-electron chi connectivity index (χ3n) is 7.45. The second kappa shape index (κ2) is 9.81. The maximum atomic E-state index is 13.9. The smallest absolute Gasteiger partial charge is 0.256 e. The number of aromatic nitrogens is 3. The van der Waals surface area contributed by atoms with E-state index in [1.54, 1.807) is 15.5 Å². The number of rotatable bonds is 6. The van der Waals surface area contributed by atoms with Gasteiger partial charge >= 0.3 is 0 Å². The molecule has 1 unspecified atom stereocenters. The lowest BCUT2D eigenvalue weighted by Crippen LogP contribution is -2.56. The van der Waals surface area contributed by atoms with Crippen LogP contribution in [-0.2, 0) is 10.0 Å². The Morgan fingerprint density at radius 1 is 1.13 bits per heavy atom. The fraction of sp³-hybridized carbons (Fsp3) is 0.480. The van der Waals surface area contributed by atoms with Gasteiger partial charge in [-0.3, -0.25) is 9.52 Å². The number of sulfonamides is 1. The molecule has 0 bridgehead atoms. The second-order valence-electron chi connectivity index (χ2n) is 10.6. The first-order valence-electron chi connectivity index (χ1n) is 13.0. The van der Waals surface area contributed by atoms with Crippen molar-refractivity contribution in [2.24, 2.45) is 5.73 Å². The number of anilines is 3. The molecule has 3 fully saturated rings. The number of nitrogens with two attached hydrogens (primary N) is 1. The normalized spacial score (nSPS) is 20.7. The Bertz CT molecular complexity index is 1530. The van der Waals surface area contributed by atoms with Crippen molar-refractivity contribution in [2.45, 2.75) is 37.5 Å². The fourth-order valence-corrected chi connectivity index (χ4v) is 6.22. The van der Waals surface area contributed by atoms with E-state index in [2.05, 4.69) is 9.62 Å². The van der Waals surface area contributed by atoms with Crippen LogP contribution in [0.25, 0.3) is 5.65 Å². The van der Waals surface area contributed by atoms with Gasteiger partial charge in [0.15, 0.2) is 5.65 Å². The van der Waals surface area contributed by atoms with Gasteiger partial charge in [0.25, 0.3) is 5.91 Å². The highest BCUT2D eigenvalue weighted by Crippen LogP contribution is 2.36. The molecule has 0 saturated carbocycles. The first-order valence-corrected chi connectivity index (χ1v) is 15.3. The number of amides is 1. The molecule has 39 heavy (non-hydrogen) atoms. The van der Waals surface area contributed by atoms with E-state index in [1.807, 2.05) is 17.0 Å². The minimum atomic E-state index is -3.61. The number of hydrogen-bond acceptors (Lipinski definition) is 9. The number of carbonyl (C=O) groups is 1. The molecule has 5 heterocycles. The molecule has 6 rings (SSSR count).